The van der Waals surface area contributed by atoms with Gasteiger partial charge in [-0.1, -0.05) is 12.8 Å². The zero-order valence-electron chi connectivity index (χ0n) is 12.9. The highest BCUT2D eigenvalue weighted by Crippen LogP contribution is 2.27. The summed E-state index contributed by atoms with van der Waals surface area (Å²) < 4.78 is 0. The third-order valence-corrected chi connectivity index (χ3v) is 4.62. The second kappa shape index (κ2) is 7.02. The number of thiazole rings is 1. The molecule has 0 unspecified atom stereocenters. The molecular formula is C15H23N3O2S. The number of hydrogen-bond acceptors (Lipinski definition) is 4. The molecule has 1 aromatic rings. The number of amides is 2. The van der Waals surface area contributed by atoms with E-state index in [9.17, 15) is 9.59 Å². The molecule has 1 saturated carbocycles. The summed E-state index contributed by atoms with van der Waals surface area (Å²) >= 11 is 1.44. The molecular weight excluding hydrogens is 286 g/mol. The quantitative estimate of drug-likeness (QED) is 0.909. The molecule has 1 heterocycles. The average Bonchev–Trinajstić information content (AvgIpc) is 3.06. The number of carbonyl (C=O) groups excluding carboxylic acids is 2. The molecule has 0 aliphatic heterocycles. The highest BCUT2D eigenvalue weighted by Gasteiger charge is 2.29. The van der Waals surface area contributed by atoms with Gasteiger partial charge >= 0.3 is 0 Å². The Kier molecular flexibility index (Phi) is 5.33. The highest BCUT2D eigenvalue weighted by atomic mass is 32.1. The highest BCUT2D eigenvalue weighted by molar-refractivity contribution is 7.15. The summed E-state index contributed by atoms with van der Waals surface area (Å²) in [5.74, 6) is 0.0414. The number of anilines is 1. The molecule has 21 heavy (non-hydrogen) atoms. The Balaban J connectivity index is 1.95. The van der Waals surface area contributed by atoms with E-state index < -0.39 is 0 Å². The Morgan fingerprint density at radius 3 is 2.62 bits per heavy atom. The van der Waals surface area contributed by atoms with Crippen molar-refractivity contribution in [1.29, 1.82) is 0 Å². The molecule has 1 N–H and O–H groups in total. The summed E-state index contributed by atoms with van der Waals surface area (Å²) in [5.41, 5.74) is 0. The van der Waals surface area contributed by atoms with E-state index in [4.69, 9.17) is 0 Å². The van der Waals surface area contributed by atoms with Gasteiger partial charge in [0.1, 0.15) is 6.54 Å². The monoisotopic (exact) mass is 309 g/mol. The van der Waals surface area contributed by atoms with E-state index in [0.717, 1.165) is 30.6 Å². The van der Waals surface area contributed by atoms with Crippen molar-refractivity contribution in [3.05, 3.63) is 11.1 Å². The summed E-state index contributed by atoms with van der Waals surface area (Å²) in [6.07, 6.45) is 5.87. The van der Waals surface area contributed by atoms with Gasteiger partial charge in [0, 0.05) is 23.0 Å². The minimum atomic E-state index is -0.176. The van der Waals surface area contributed by atoms with Crippen LogP contribution >= 0.6 is 11.3 Å². The number of aryl methyl sites for hydroxylation is 1. The molecule has 1 aromatic heterocycles. The fourth-order valence-electron chi connectivity index (χ4n) is 2.65. The lowest BCUT2D eigenvalue weighted by atomic mass is 10.1. The number of carbonyl (C=O) groups is 2. The van der Waals surface area contributed by atoms with E-state index in [1.807, 2.05) is 20.8 Å². The molecule has 0 spiro atoms. The lowest BCUT2D eigenvalue weighted by molar-refractivity contribution is -0.140. The van der Waals surface area contributed by atoms with Crippen LogP contribution in [0.4, 0.5) is 5.13 Å². The zero-order chi connectivity index (χ0) is 15.4. The van der Waals surface area contributed by atoms with Gasteiger partial charge in [0.05, 0.1) is 0 Å². The first-order valence-corrected chi connectivity index (χ1v) is 8.31. The van der Waals surface area contributed by atoms with Crippen LogP contribution in [0.25, 0.3) is 0 Å². The molecule has 0 saturated heterocycles. The second-order valence-corrected chi connectivity index (χ2v) is 7.10. The lowest BCUT2D eigenvalue weighted by Crippen LogP contribution is -2.44. The Labute approximate surface area is 129 Å². The number of nitrogens with one attached hydrogen (secondary N) is 1. The van der Waals surface area contributed by atoms with Crippen LogP contribution in [-0.2, 0) is 9.59 Å². The predicted molar refractivity (Wildman–Crippen MR) is 84.3 cm³/mol. The summed E-state index contributed by atoms with van der Waals surface area (Å²) in [7, 11) is 0. The topological polar surface area (TPSA) is 62.3 Å². The summed E-state index contributed by atoms with van der Waals surface area (Å²) in [6.45, 7) is 5.95. The predicted octanol–water partition coefficient (Wildman–Crippen LogP) is 2.82. The minimum absolute atomic E-state index is 0.0295. The number of aromatic nitrogens is 1. The van der Waals surface area contributed by atoms with Gasteiger partial charge in [0.25, 0.3) is 0 Å². The Hall–Kier alpha value is -1.43. The van der Waals surface area contributed by atoms with Crippen LogP contribution in [0.1, 0.15) is 44.4 Å². The molecule has 0 bridgehead atoms. The molecule has 6 heteroatoms. The van der Waals surface area contributed by atoms with Gasteiger partial charge in [-0.15, -0.1) is 11.3 Å². The third-order valence-electron chi connectivity index (χ3n) is 3.79. The van der Waals surface area contributed by atoms with Crippen molar-refractivity contribution in [2.45, 2.75) is 52.5 Å². The zero-order valence-corrected chi connectivity index (χ0v) is 13.7. The van der Waals surface area contributed by atoms with Crippen molar-refractivity contribution in [3.8, 4) is 0 Å². The smallest absolute Gasteiger partial charge is 0.245 e. The molecule has 0 aromatic carbocycles. The number of nitrogens with zero attached hydrogens (tertiary/aromatic N) is 2. The van der Waals surface area contributed by atoms with Crippen LogP contribution in [0.15, 0.2) is 6.20 Å². The Morgan fingerprint density at radius 1 is 1.43 bits per heavy atom. The molecule has 1 aliphatic carbocycles. The first-order chi connectivity index (χ1) is 9.97. The first kappa shape index (κ1) is 15.9. The molecule has 0 atom stereocenters. The van der Waals surface area contributed by atoms with Crippen LogP contribution in [0, 0.1) is 12.8 Å². The maximum atomic E-state index is 12.5. The SMILES string of the molecule is Cc1cnc(NC(=O)CN(C(=O)C2CCCC2)C(C)C)s1. The Bertz CT molecular complexity index is 507. The Morgan fingerprint density at radius 2 is 2.10 bits per heavy atom. The van der Waals surface area contributed by atoms with Gasteiger partial charge in [-0.3, -0.25) is 9.59 Å². The molecule has 2 amide bonds. The summed E-state index contributed by atoms with van der Waals surface area (Å²) in [6, 6.07) is 0.0295. The van der Waals surface area contributed by atoms with Crippen molar-refractivity contribution < 1.29 is 9.59 Å². The van der Waals surface area contributed by atoms with Gasteiger partial charge in [-0.25, -0.2) is 4.98 Å². The number of hydrogen-bond donors (Lipinski definition) is 1. The van der Waals surface area contributed by atoms with Crippen LogP contribution < -0.4 is 5.32 Å². The van der Waals surface area contributed by atoms with Crippen LogP contribution in [-0.4, -0.2) is 34.3 Å². The van der Waals surface area contributed by atoms with E-state index >= 15 is 0 Å². The maximum absolute atomic E-state index is 12.5. The van der Waals surface area contributed by atoms with Crippen molar-refractivity contribution >= 4 is 28.3 Å². The van der Waals surface area contributed by atoms with Gasteiger partial charge < -0.3 is 10.2 Å². The summed E-state index contributed by atoms with van der Waals surface area (Å²) in [5, 5.41) is 3.36. The molecule has 5 nitrogen and oxygen atoms in total. The van der Waals surface area contributed by atoms with Crippen LogP contribution in [0.5, 0.6) is 0 Å². The van der Waals surface area contributed by atoms with E-state index in [-0.39, 0.29) is 30.3 Å². The first-order valence-electron chi connectivity index (χ1n) is 7.50. The van der Waals surface area contributed by atoms with Gasteiger partial charge in [-0.2, -0.15) is 0 Å². The number of rotatable bonds is 5. The van der Waals surface area contributed by atoms with Gasteiger partial charge in [-0.05, 0) is 33.6 Å². The van der Waals surface area contributed by atoms with Gasteiger partial charge in [0.2, 0.25) is 11.8 Å². The third kappa shape index (κ3) is 4.27. The van der Waals surface area contributed by atoms with Crippen molar-refractivity contribution in [3.63, 3.8) is 0 Å². The molecule has 1 aliphatic rings. The fraction of sp³-hybridized carbons (Fsp3) is 0.667. The molecule has 0 radical (unpaired) electrons. The van der Waals surface area contributed by atoms with Crippen molar-refractivity contribution in [2.75, 3.05) is 11.9 Å². The van der Waals surface area contributed by atoms with E-state index in [2.05, 4.69) is 10.3 Å². The molecule has 2 rings (SSSR count). The van der Waals surface area contributed by atoms with Crippen LogP contribution in [0.2, 0.25) is 0 Å². The van der Waals surface area contributed by atoms with E-state index in [0.29, 0.717) is 5.13 Å². The van der Waals surface area contributed by atoms with Crippen molar-refractivity contribution in [1.82, 2.24) is 9.88 Å². The summed E-state index contributed by atoms with van der Waals surface area (Å²) in [4.78, 5) is 31.5. The van der Waals surface area contributed by atoms with Crippen molar-refractivity contribution in [2.24, 2.45) is 5.92 Å². The maximum Gasteiger partial charge on any atom is 0.245 e. The fourth-order valence-corrected chi connectivity index (χ4v) is 3.33. The average molecular weight is 309 g/mol. The standard InChI is InChI=1S/C15H23N3O2S/c1-10(2)18(14(20)12-6-4-5-7-12)9-13(19)17-15-16-8-11(3)21-15/h8,10,12H,4-7,9H2,1-3H3,(H,16,17,19). The van der Waals surface area contributed by atoms with Gasteiger partial charge in [0.15, 0.2) is 5.13 Å². The largest absolute Gasteiger partial charge is 0.331 e. The second-order valence-electron chi connectivity index (χ2n) is 5.87. The van der Waals surface area contributed by atoms with Crippen LogP contribution in [0.3, 0.4) is 0 Å². The van der Waals surface area contributed by atoms with E-state index in [1.165, 1.54) is 11.3 Å². The van der Waals surface area contributed by atoms with E-state index in [1.54, 1.807) is 11.1 Å². The molecule has 116 valence electrons. The molecule has 1 fully saturated rings. The normalized spacial score (nSPS) is 15.4. The minimum Gasteiger partial charge on any atom is -0.331 e. The lowest BCUT2D eigenvalue weighted by Gasteiger charge is -2.28.